The molecule has 0 spiro atoms. The van der Waals surface area contributed by atoms with Crippen molar-refractivity contribution in [3.8, 4) is 5.75 Å². The van der Waals surface area contributed by atoms with E-state index in [9.17, 15) is 9.59 Å². The summed E-state index contributed by atoms with van der Waals surface area (Å²) in [7, 11) is 2.99. The van der Waals surface area contributed by atoms with Crippen molar-refractivity contribution >= 4 is 11.9 Å². The minimum absolute atomic E-state index is 0.0165. The van der Waals surface area contributed by atoms with Gasteiger partial charge in [-0.3, -0.25) is 9.59 Å². The van der Waals surface area contributed by atoms with Gasteiger partial charge < -0.3 is 14.4 Å². The summed E-state index contributed by atoms with van der Waals surface area (Å²) in [4.78, 5) is 26.5. The number of carbonyl (C=O) groups is 2. The number of rotatable bonds is 6. The lowest BCUT2D eigenvalue weighted by molar-refractivity contribution is -0.140. The Morgan fingerprint density at radius 1 is 1.00 bits per heavy atom. The van der Waals surface area contributed by atoms with Gasteiger partial charge in [0.15, 0.2) is 0 Å². The van der Waals surface area contributed by atoms with Crippen LogP contribution >= 0.6 is 0 Å². The summed E-state index contributed by atoms with van der Waals surface area (Å²) in [5, 5.41) is 0. The molecular formula is C20H29NO4. The molecular weight excluding hydrogens is 318 g/mol. The van der Waals surface area contributed by atoms with Crippen LogP contribution in [0.1, 0.15) is 61.7 Å². The first-order chi connectivity index (χ1) is 12.2. The predicted molar refractivity (Wildman–Crippen MR) is 96.8 cm³/mol. The van der Waals surface area contributed by atoms with Gasteiger partial charge in [-0.25, -0.2) is 0 Å². The van der Waals surface area contributed by atoms with Crippen LogP contribution in [0.4, 0.5) is 0 Å². The van der Waals surface area contributed by atoms with Crippen LogP contribution in [0.25, 0.3) is 0 Å². The maximum absolute atomic E-state index is 13.1. The summed E-state index contributed by atoms with van der Waals surface area (Å²) < 4.78 is 9.92. The monoisotopic (exact) mass is 347 g/mol. The molecule has 0 unspecified atom stereocenters. The van der Waals surface area contributed by atoms with E-state index in [0.29, 0.717) is 12.1 Å². The van der Waals surface area contributed by atoms with Crippen LogP contribution in [0, 0.1) is 0 Å². The van der Waals surface area contributed by atoms with Crippen molar-refractivity contribution in [2.24, 2.45) is 0 Å². The Labute approximate surface area is 150 Å². The van der Waals surface area contributed by atoms with Gasteiger partial charge in [0.2, 0.25) is 0 Å². The lowest BCUT2D eigenvalue weighted by Crippen LogP contribution is -2.42. The van der Waals surface area contributed by atoms with Crippen LogP contribution in [0.3, 0.4) is 0 Å². The van der Waals surface area contributed by atoms with Crippen molar-refractivity contribution in [1.82, 2.24) is 4.90 Å². The Morgan fingerprint density at radius 2 is 1.60 bits per heavy atom. The summed E-state index contributed by atoms with van der Waals surface area (Å²) in [5.41, 5.74) is 0.632. The van der Waals surface area contributed by atoms with Crippen LogP contribution in [0.2, 0.25) is 0 Å². The van der Waals surface area contributed by atoms with Crippen molar-refractivity contribution in [2.75, 3.05) is 20.8 Å². The number of nitrogens with zero attached hydrogens (tertiary/aromatic N) is 1. The highest BCUT2D eigenvalue weighted by Gasteiger charge is 2.25. The van der Waals surface area contributed by atoms with Crippen molar-refractivity contribution < 1.29 is 19.1 Å². The van der Waals surface area contributed by atoms with Gasteiger partial charge in [-0.2, -0.15) is 0 Å². The zero-order valence-corrected chi connectivity index (χ0v) is 15.3. The van der Waals surface area contributed by atoms with Crippen molar-refractivity contribution in [3.05, 3.63) is 29.8 Å². The van der Waals surface area contributed by atoms with Gasteiger partial charge in [0, 0.05) is 18.2 Å². The average molecular weight is 347 g/mol. The lowest BCUT2D eigenvalue weighted by atomic mass is 9.95. The van der Waals surface area contributed by atoms with Gasteiger partial charge in [-0.15, -0.1) is 0 Å². The third kappa shape index (κ3) is 5.76. The molecule has 5 heteroatoms. The zero-order valence-electron chi connectivity index (χ0n) is 15.3. The molecule has 2 rings (SSSR count). The van der Waals surface area contributed by atoms with E-state index in [1.54, 1.807) is 31.4 Å². The second-order valence-corrected chi connectivity index (χ2v) is 6.55. The summed E-state index contributed by atoms with van der Waals surface area (Å²) in [5.74, 6) is 0.430. The van der Waals surface area contributed by atoms with E-state index in [4.69, 9.17) is 9.47 Å². The second kappa shape index (κ2) is 10.1. The predicted octanol–water partition coefficient (Wildman–Crippen LogP) is 3.81. The minimum Gasteiger partial charge on any atom is -0.497 e. The number of esters is 1. The average Bonchev–Trinajstić information content (AvgIpc) is 2.62. The third-order valence-electron chi connectivity index (χ3n) is 4.90. The summed E-state index contributed by atoms with van der Waals surface area (Å²) >= 11 is 0. The van der Waals surface area contributed by atoms with Gasteiger partial charge in [-0.05, 0) is 37.1 Å². The quantitative estimate of drug-likeness (QED) is 0.734. The first-order valence-electron chi connectivity index (χ1n) is 9.17. The van der Waals surface area contributed by atoms with E-state index in [0.717, 1.165) is 31.4 Å². The molecule has 1 aliphatic rings. The normalized spacial score (nSPS) is 15.8. The standard InChI is InChI=1S/C20H29NO4/c1-24-18-12-10-16(11-13-18)20(23)21(15-14-19(22)25-2)17-8-6-4-3-5-7-9-17/h10-13,17H,3-9,14-15H2,1-2H3. The van der Waals surface area contributed by atoms with Gasteiger partial charge in [0.25, 0.3) is 5.91 Å². The smallest absolute Gasteiger partial charge is 0.307 e. The highest BCUT2D eigenvalue weighted by molar-refractivity contribution is 5.94. The minimum atomic E-state index is -0.279. The number of benzene rings is 1. The molecule has 0 aromatic heterocycles. The SMILES string of the molecule is COC(=O)CCN(C(=O)c1ccc(OC)cc1)C1CCCCCCC1. The molecule has 1 aromatic carbocycles. The van der Waals surface area contributed by atoms with E-state index >= 15 is 0 Å². The number of methoxy groups -OCH3 is 2. The molecule has 138 valence electrons. The van der Waals surface area contributed by atoms with Crippen LogP contribution in [-0.4, -0.2) is 43.6 Å². The molecule has 1 amide bonds. The van der Waals surface area contributed by atoms with Crippen LogP contribution in [0.15, 0.2) is 24.3 Å². The number of amides is 1. The molecule has 0 N–H and O–H groups in total. The van der Waals surface area contributed by atoms with Crippen LogP contribution in [-0.2, 0) is 9.53 Å². The fraction of sp³-hybridized carbons (Fsp3) is 0.600. The van der Waals surface area contributed by atoms with Gasteiger partial charge in [-0.1, -0.05) is 32.1 Å². The van der Waals surface area contributed by atoms with Gasteiger partial charge in [0.05, 0.1) is 20.6 Å². The van der Waals surface area contributed by atoms with Crippen LogP contribution in [0.5, 0.6) is 5.75 Å². The molecule has 5 nitrogen and oxygen atoms in total. The van der Waals surface area contributed by atoms with E-state index in [1.807, 2.05) is 4.90 Å². The topological polar surface area (TPSA) is 55.8 Å². The number of hydrogen-bond donors (Lipinski definition) is 0. The van der Waals surface area contributed by atoms with Crippen LogP contribution < -0.4 is 4.74 Å². The molecule has 0 aliphatic heterocycles. The Morgan fingerprint density at radius 3 is 2.16 bits per heavy atom. The molecule has 25 heavy (non-hydrogen) atoms. The maximum Gasteiger partial charge on any atom is 0.307 e. The Hall–Kier alpha value is -2.04. The highest BCUT2D eigenvalue weighted by atomic mass is 16.5. The fourth-order valence-corrected chi connectivity index (χ4v) is 3.41. The molecule has 0 saturated heterocycles. The van der Waals surface area contributed by atoms with Crippen molar-refractivity contribution in [1.29, 1.82) is 0 Å². The van der Waals surface area contributed by atoms with E-state index < -0.39 is 0 Å². The lowest BCUT2D eigenvalue weighted by Gasteiger charge is -2.33. The van der Waals surface area contributed by atoms with Crippen molar-refractivity contribution in [3.63, 3.8) is 0 Å². The molecule has 1 aliphatic carbocycles. The Kier molecular flexibility index (Phi) is 7.76. The Bertz CT molecular complexity index is 547. The van der Waals surface area contributed by atoms with Gasteiger partial charge in [0.1, 0.15) is 5.75 Å². The first-order valence-corrected chi connectivity index (χ1v) is 9.17. The number of carbonyl (C=O) groups excluding carboxylic acids is 2. The van der Waals surface area contributed by atoms with E-state index in [-0.39, 0.29) is 24.3 Å². The van der Waals surface area contributed by atoms with E-state index in [1.165, 1.54) is 26.4 Å². The third-order valence-corrected chi connectivity index (χ3v) is 4.90. The summed E-state index contributed by atoms with van der Waals surface area (Å²) in [6.07, 6.45) is 8.23. The molecule has 1 fully saturated rings. The number of ether oxygens (including phenoxy) is 2. The second-order valence-electron chi connectivity index (χ2n) is 6.55. The molecule has 0 atom stereocenters. The largest absolute Gasteiger partial charge is 0.497 e. The summed E-state index contributed by atoms with van der Waals surface area (Å²) in [6.45, 7) is 0.405. The molecule has 1 saturated carbocycles. The van der Waals surface area contributed by atoms with E-state index in [2.05, 4.69) is 0 Å². The number of hydrogen-bond acceptors (Lipinski definition) is 4. The highest BCUT2D eigenvalue weighted by Crippen LogP contribution is 2.24. The molecule has 0 radical (unpaired) electrons. The summed E-state index contributed by atoms with van der Waals surface area (Å²) in [6, 6.07) is 7.36. The Balaban J connectivity index is 2.15. The maximum atomic E-state index is 13.1. The fourth-order valence-electron chi connectivity index (χ4n) is 3.41. The molecule has 0 bridgehead atoms. The molecule has 1 aromatic rings. The van der Waals surface area contributed by atoms with Crippen molar-refractivity contribution in [2.45, 2.75) is 57.4 Å². The molecule has 0 heterocycles. The van der Waals surface area contributed by atoms with Gasteiger partial charge >= 0.3 is 5.97 Å². The first kappa shape index (κ1) is 19.3. The zero-order chi connectivity index (χ0) is 18.1.